The van der Waals surface area contributed by atoms with Gasteiger partial charge in [-0.25, -0.2) is 9.59 Å². The molecule has 0 saturated heterocycles. The Morgan fingerprint density at radius 3 is 1.11 bits per heavy atom. The van der Waals surface area contributed by atoms with Crippen molar-refractivity contribution in [3.8, 4) is 33.4 Å². The van der Waals surface area contributed by atoms with Gasteiger partial charge in [0.15, 0.2) is 0 Å². The van der Waals surface area contributed by atoms with Crippen molar-refractivity contribution in [2.45, 2.75) is 0 Å². The molecule has 0 radical (unpaired) electrons. The van der Waals surface area contributed by atoms with E-state index in [1.54, 1.807) is 0 Å². The Hall–Kier alpha value is -6.26. The van der Waals surface area contributed by atoms with Gasteiger partial charge in [-0.2, -0.15) is 0 Å². The first-order valence-electron chi connectivity index (χ1n) is 15.0. The second-order valence-corrected chi connectivity index (χ2v) is 11.5. The van der Waals surface area contributed by atoms with Gasteiger partial charge in [-0.1, -0.05) is 121 Å². The van der Waals surface area contributed by atoms with Crippen molar-refractivity contribution in [3.63, 3.8) is 0 Å². The van der Waals surface area contributed by atoms with Gasteiger partial charge >= 0.3 is 11.9 Å². The molecule has 2 N–H and O–H groups in total. The topological polar surface area (TPSA) is 74.6 Å². The van der Waals surface area contributed by atoms with Crippen LogP contribution in [0.1, 0.15) is 20.7 Å². The van der Waals surface area contributed by atoms with Crippen LogP contribution in [0.15, 0.2) is 146 Å². The summed E-state index contributed by atoms with van der Waals surface area (Å²) >= 11 is 0. The lowest BCUT2D eigenvalue weighted by Crippen LogP contribution is -2.09. The van der Waals surface area contributed by atoms with Crippen LogP contribution in [0.5, 0.6) is 0 Å². The molecule has 0 aliphatic rings. The standard InChI is InChI=1S/C42H26O4/c43-41(44)39-35(31-19-17-25-9-1-3-11-27(25)21-31)23-29-13-5-7-15-33(29)37(39)38-34-16-8-6-14-30(34)24-36(40(38)42(45)46)32-20-18-26-10-2-4-12-28(26)22-32/h1-24H,(H,43,44)(H,45,46). The molecule has 4 heteroatoms. The third kappa shape index (κ3) is 4.39. The number of carboxylic acids is 2. The number of hydrogen-bond acceptors (Lipinski definition) is 2. The molecule has 0 spiro atoms. The lowest BCUT2D eigenvalue weighted by Gasteiger charge is -2.21. The highest BCUT2D eigenvalue weighted by molar-refractivity contribution is 6.22. The van der Waals surface area contributed by atoms with Crippen molar-refractivity contribution in [1.82, 2.24) is 0 Å². The number of benzene rings is 8. The van der Waals surface area contributed by atoms with Crippen molar-refractivity contribution in [2.75, 3.05) is 0 Å². The van der Waals surface area contributed by atoms with E-state index in [9.17, 15) is 19.8 Å². The number of hydrogen-bond donors (Lipinski definition) is 2. The summed E-state index contributed by atoms with van der Waals surface area (Å²) in [6.45, 7) is 0. The van der Waals surface area contributed by atoms with Crippen LogP contribution in [0.3, 0.4) is 0 Å². The van der Waals surface area contributed by atoms with Crippen molar-refractivity contribution in [3.05, 3.63) is 157 Å². The van der Waals surface area contributed by atoms with Gasteiger partial charge in [0.05, 0.1) is 11.1 Å². The average molecular weight is 595 g/mol. The van der Waals surface area contributed by atoms with Gasteiger partial charge in [0.1, 0.15) is 0 Å². The zero-order valence-electron chi connectivity index (χ0n) is 24.6. The molecule has 0 aromatic heterocycles. The van der Waals surface area contributed by atoms with E-state index in [0.29, 0.717) is 33.0 Å². The Kier molecular flexibility index (Phi) is 6.36. The van der Waals surface area contributed by atoms with E-state index in [4.69, 9.17) is 0 Å². The van der Waals surface area contributed by atoms with Crippen molar-refractivity contribution < 1.29 is 19.8 Å². The fraction of sp³-hybridized carbons (Fsp3) is 0. The number of carboxylic acid groups (broad SMARTS) is 2. The predicted octanol–water partition coefficient (Wildman–Crippen LogP) is 10.7. The van der Waals surface area contributed by atoms with Crippen LogP contribution >= 0.6 is 0 Å². The molecular formula is C42H26O4. The Morgan fingerprint density at radius 1 is 0.370 bits per heavy atom. The fourth-order valence-corrected chi connectivity index (χ4v) is 6.83. The molecule has 4 nitrogen and oxygen atoms in total. The van der Waals surface area contributed by atoms with Crippen LogP contribution in [0.25, 0.3) is 76.5 Å². The molecule has 0 aliphatic heterocycles. The van der Waals surface area contributed by atoms with Crippen LogP contribution in [0, 0.1) is 0 Å². The van der Waals surface area contributed by atoms with E-state index in [1.165, 1.54) is 0 Å². The molecule has 0 aliphatic carbocycles. The lowest BCUT2D eigenvalue weighted by atomic mass is 9.81. The Bertz CT molecular complexity index is 2370. The minimum Gasteiger partial charge on any atom is -0.478 e. The summed E-state index contributed by atoms with van der Waals surface area (Å²) in [5, 5.41) is 29.1. The minimum atomic E-state index is -1.12. The minimum absolute atomic E-state index is 0.0669. The first-order chi connectivity index (χ1) is 22.5. The summed E-state index contributed by atoms with van der Waals surface area (Å²) in [7, 11) is 0. The first kappa shape index (κ1) is 27.3. The fourth-order valence-electron chi connectivity index (χ4n) is 6.83. The molecule has 0 atom stereocenters. The Balaban J connectivity index is 1.55. The molecule has 0 unspecified atom stereocenters. The van der Waals surface area contributed by atoms with E-state index >= 15 is 0 Å². The maximum absolute atomic E-state index is 13.5. The van der Waals surface area contributed by atoms with Crippen LogP contribution in [-0.4, -0.2) is 22.2 Å². The Morgan fingerprint density at radius 2 is 0.717 bits per heavy atom. The predicted molar refractivity (Wildman–Crippen MR) is 187 cm³/mol. The quantitative estimate of drug-likeness (QED) is 0.208. The van der Waals surface area contributed by atoms with Gasteiger partial charge in [-0.05, 0) is 89.6 Å². The zero-order chi connectivity index (χ0) is 31.4. The molecule has 46 heavy (non-hydrogen) atoms. The van der Waals surface area contributed by atoms with Crippen LogP contribution in [0.4, 0.5) is 0 Å². The average Bonchev–Trinajstić information content (AvgIpc) is 3.09. The summed E-state index contributed by atoms with van der Waals surface area (Å²) in [6.07, 6.45) is 0. The van der Waals surface area contributed by atoms with Crippen molar-refractivity contribution in [2.24, 2.45) is 0 Å². The molecule has 0 amide bonds. The second-order valence-electron chi connectivity index (χ2n) is 11.5. The third-order valence-electron chi connectivity index (χ3n) is 8.90. The normalized spacial score (nSPS) is 11.4. The second kappa shape index (κ2) is 10.7. The maximum Gasteiger partial charge on any atom is 0.336 e. The number of rotatable bonds is 5. The highest BCUT2D eigenvalue weighted by atomic mass is 16.4. The SMILES string of the molecule is O=C(O)c1c(-c2ccc3ccccc3c2)cc2ccccc2c1-c1c(C(=O)O)c(-c2ccc3ccccc3c2)cc2ccccc12. The van der Waals surface area contributed by atoms with Crippen molar-refractivity contribution >= 4 is 55.0 Å². The van der Waals surface area contributed by atoms with Gasteiger partial charge in [0.2, 0.25) is 0 Å². The Labute approximate surface area is 264 Å². The molecule has 0 saturated carbocycles. The molecule has 0 fully saturated rings. The highest BCUT2D eigenvalue weighted by Gasteiger charge is 2.29. The maximum atomic E-state index is 13.5. The van der Waals surface area contributed by atoms with Crippen molar-refractivity contribution in [1.29, 1.82) is 0 Å². The van der Waals surface area contributed by atoms with E-state index < -0.39 is 11.9 Å². The third-order valence-corrected chi connectivity index (χ3v) is 8.90. The highest BCUT2D eigenvalue weighted by Crippen LogP contribution is 2.46. The molecular weight excluding hydrogens is 568 g/mol. The van der Waals surface area contributed by atoms with Crippen LogP contribution in [0.2, 0.25) is 0 Å². The monoisotopic (exact) mass is 594 g/mol. The van der Waals surface area contributed by atoms with Gasteiger partial charge in [-0.15, -0.1) is 0 Å². The molecule has 218 valence electrons. The lowest BCUT2D eigenvalue weighted by molar-refractivity contribution is 0.0685. The van der Waals surface area contributed by atoms with Gasteiger partial charge in [0.25, 0.3) is 0 Å². The van der Waals surface area contributed by atoms with E-state index in [-0.39, 0.29) is 11.1 Å². The smallest absolute Gasteiger partial charge is 0.336 e. The summed E-state index contributed by atoms with van der Waals surface area (Å²) in [6, 6.07) is 46.8. The summed E-state index contributed by atoms with van der Waals surface area (Å²) < 4.78 is 0. The van der Waals surface area contributed by atoms with Crippen LogP contribution in [-0.2, 0) is 0 Å². The molecule has 8 rings (SSSR count). The number of aromatic carboxylic acids is 2. The van der Waals surface area contributed by atoms with Gasteiger partial charge < -0.3 is 10.2 Å². The number of fused-ring (bicyclic) bond motifs is 4. The number of carbonyl (C=O) groups is 2. The van der Waals surface area contributed by atoms with Gasteiger partial charge in [-0.3, -0.25) is 0 Å². The zero-order valence-corrected chi connectivity index (χ0v) is 24.6. The largest absolute Gasteiger partial charge is 0.478 e. The molecule has 8 aromatic rings. The van der Waals surface area contributed by atoms with E-state index in [2.05, 4.69) is 0 Å². The molecule has 0 heterocycles. The molecule has 0 bridgehead atoms. The van der Waals surface area contributed by atoms with E-state index in [1.807, 2.05) is 146 Å². The van der Waals surface area contributed by atoms with Gasteiger partial charge in [0, 0.05) is 11.1 Å². The van der Waals surface area contributed by atoms with Crippen LogP contribution < -0.4 is 0 Å². The summed E-state index contributed by atoms with van der Waals surface area (Å²) in [5.41, 5.74) is 3.47. The summed E-state index contributed by atoms with van der Waals surface area (Å²) in [5.74, 6) is -2.25. The molecule has 8 aromatic carbocycles. The van der Waals surface area contributed by atoms with E-state index in [0.717, 1.165) is 43.4 Å². The summed E-state index contributed by atoms with van der Waals surface area (Å²) in [4.78, 5) is 26.9. The first-order valence-corrected chi connectivity index (χ1v) is 15.0.